The van der Waals surface area contributed by atoms with Gasteiger partial charge in [-0.25, -0.2) is 9.80 Å². The minimum absolute atomic E-state index is 0.147. The van der Waals surface area contributed by atoms with Crippen molar-refractivity contribution in [3.8, 4) is 0 Å². The van der Waals surface area contributed by atoms with E-state index in [-0.39, 0.29) is 17.9 Å². The van der Waals surface area contributed by atoms with E-state index in [0.717, 1.165) is 18.6 Å². The van der Waals surface area contributed by atoms with E-state index in [0.29, 0.717) is 6.42 Å². The first-order valence-corrected chi connectivity index (χ1v) is 6.85. The molecule has 0 atom stereocenters. The topological polar surface area (TPSA) is 128 Å². The highest BCUT2D eigenvalue weighted by molar-refractivity contribution is 5.93. The van der Waals surface area contributed by atoms with Gasteiger partial charge in [0.2, 0.25) is 5.69 Å². The molecule has 0 aliphatic heterocycles. The van der Waals surface area contributed by atoms with Crippen molar-refractivity contribution in [1.82, 2.24) is 5.01 Å². The molecule has 10 nitrogen and oxygen atoms in total. The molecule has 0 spiro atoms. The zero-order valence-corrected chi connectivity index (χ0v) is 13.1. The number of unbranched alkanes of at least 4 members (excludes halogenated alkanes) is 1. The smallest absolute Gasteiger partial charge is 0.338 e. The van der Waals surface area contributed by atoms with Crippen molar-refractivity contribution >= 4 is 23.0 Å². The highest BCUT2D eigenvalue weighted by Gasteiger charge is 2.29. The third kappa shape index (κ3) is 4.88. The summed E-state index contributed by atoms with van der Waals surface area (Å²) in [4.78, 5) is 32.7. The molecule has 1 rings (SSSR count). The van der Waals surface area contributed by atoms with Crippen LogP contribution in [0.5, 0.6) is 0 Å². The number of nitro benzene ring substituents is 2. The summed E-state index contributed by atoms with van der Waals surface area (Å²) in [6, 6.07) is 1.93. The average Bonchev–Trinajstić information content (AvgIpc) is 2.46. The lowest BCUT2D eigenvalue weighted by atomic mass is 10.1. The predicted molar refractivity (Wildman–Crippen MR) is 82.3 cm³/mol. The Morgan fingerprint density at radius 3 is 2.13 bits per heavy atom. The molecular formula is C13H18N4O6. The van der Waals surface area contributed by atoms with Crippen LogP contribution >= 0.6 is 0 Å². The van der Waals surface area contributed by atoms with Crippen LogP contribution in [-0.2, 0) is 4.74 Å². The van der Waals surface area contributed by atoms with Crippen molar-refractivity contribution < 1.29 is 19.4 Å². The molecule has 1 aromatic rings. The van der Waals surface area contributed by atoms with Crippen LogP contribution in [0.1, 0.15) is 30.1 Å². The van der Waals surface area contributed by atoms with Crippen molar-refractivity contribution in [1.29, 1.82) is 0 Å². The van der Waals surface area contributed by atoms with Gasteiger partial charge in [0.15, 0.2) is 0 Å². The van der Waals surface area contributed by atoms with E-state index in [1.165, 1.54) is 19.1 Å². The lowest BCUT2D eigenvalue weighted by Crippen LogP contribution is -2.21. The molecule has 0 aliphatic carbocycles. The molecule has 23 heavy (non-hydrogen) atoms. The van der Waals surface area contributed by atoms with Crippen molar-refractivity contribution in [3.05, 3.63) is 37.9 Å². The summed E-state index contributed by atoms with van der Waals surface area (Å²) in [5.74, 6) is -0.832. The summed E-state index contributed by atoms with van der Waals surface area (Å²) in [6.45, 7) is 2.06. The molecule has 0 aromatic heterocycles. The number of nitrogens with zero attached hydrogens (tertiary/aromatic N) is 3. The van der Waals surface area contributed by atoms with E-state index in [4.69, 9.17) is 4.74 Å². The maximum atomic E-state index is 11.9. The van der Waals surface area contributed by atoms with Crippen LogP contribution in [0, 0.1) is 20.2 Å². The van der Waals surface area contributed by atoms with Gasteiger partial charge < -0.3 is 10.2 Å². The number of rotatable bonds is 8. The number of nitrogens with one attached hydrogen (secondary N) is 1. The quantitative estimate of drug-likeness (QED) is 0.333. The summed E-state index contributed by atoms with van der Waals surface area (Å²) in [5, 5.41) is 23.7. The molecule has 0 fully saturated rings. The number of esters is 1. The Kier molecular flexibility index (Phi) is 6.39. The Balaban J connectivity index is 3.32. The third-order valence-electron chi connectivity index (χ3n) is 2.79. The molecular weight excluding hydrogens is 308 g/mol. The van der Waals surface area contributed by atoms with Gasteiger partial charge in [-0.15, -0.1) is 0 Å². The van der Waals surface area contributed by atoms with Crippen LogP contribution in [0.15, 0.2) is 12.1 Å². The molecule has 0 aliphatic rings. The fourth-order valence-electron chi connectivity index (χ4n) is 1.75. The van der Waals surface area contributed by atoms with Crippen LogP contribution in [0.2, 0.25) is 0 Å². The molecule has 0 saturated carbocycles. The highest BCUT2D eigenvalue weighted by atomic mass is 16.6. The van der Waals surface area contributed by atoms with Gasteiger partial charge in [-0.3, -0.25) is 20.2 Å². The summed E-state index contributed by atoms with van der Waals surface area (Å²) in [7, 11) is 3.06. The van der Waals surface area contributed by atoms with E-state index in [9.17, 15) is 25.0 Å². The van der Waals surface area contributed by atoms with Gasteiger partial charge >= 0.3 is 17.3 Å². The van der Waals surface area contributed by atoms with Gasteiger partial charge in [-0.2, -0.15) is 0 Å². The number of benzene rings is 1. The van der Waals surface area contributed by atoms with Crippen LogP contribution in [0.25, 0.3) is 0 Å². The number of anilines is 1. The standard InChI is InChI=1S/C13H18N4O6/c1-4-5-6-23-13(18)9-7-10(16(19)20)12(14-15(2)3)11(8-9)17(21)22/h7-8,14H,4-6H2,1-3H3. The summed E-state index contributed by atoms with van der Waals surface area (Å²) >= 11 is 0. The number of ether oxygens (including phenoxy) is 1. The predicted octanol–water partition coefficient (Wildman–Crippen LogP) is 2.35. The molecule has 0 saturated heterocycles. The second-order valence-electron chi connectivity index (χ2n) is 4.90. The Morgan fingerprint density at radius 1 is 1.22 bits per heavy atom. The molecule has 10 heteroatoms. The zero-order chi connectivity index (χ0) is 17.6. The van der Waals surface area contributed by atoms with Crippen molar-refractivity contribution in [2.75, 3.05) is 26.1 Å². The van der Waals surface area contributed by atoms with E-state index >= 15 is 0 Å². The van der Waals surface area contributed by atoms with E-state index in [1.807, 2.05) is 6.92 Å². The SMILES string of the molecule is CCCCOC(=O)c1cc([N+](=O)[O-])c(NN(C)C)c([N+](=O)[O-])c1. The Labute approximate surface area is 132 Å². The van der Waals surface area contributed by atoms with Crippen molar-refractivity contribution in [2.24, 2.45) is 0 Å². The summed E-state index contributed by atoms with van der Waals surface area (Å²) < 4.78 is 4.94. The maximum Gasteiger partial charge on any atom is 0.338 e. The molecule has 0 amide bonds. The van der Waals surface area contributed by atoms with E-state index in [2.05, 4.69) is 5.43 Å². The van der Waals surface area contributed by atoms with Gasteiger partial charge in [0, 0.05) is 26.2 Å². The van der Waals surface area contributed by atoms with Crippen LogP contribution in [0.3, 0.4) is 0 Å². The second kappa shape index (κ2) is 8.03. The molecule has 0 heterocycles. The minimum atomic E-state index is -0.832. The average molecular weight is 326 g/mol. The number of nitro groups is 2. The van der Waals surface area contributed by atoms with E-state index < -0.39 is 27.2 Å². The Morgan fingerprint density at radius 2 is 1.74 bits per heavy atom. The largest absolute Gasteiger partial charge is 0.462 e. The fraction of sp³-hybridized carbons (Fsp3) is 0.462. The number of hydrogen-bond acceptors (Lipinski definition) is 8. The molecule has 1 aromatic carbocycles. The van der Waals surface area contributed by atoms with Gasteiger partial charge in [-0.1, -0.05) is 13.3 Å². The minimum Gasteiger partial charge on any atom is -0.462 e. The monoisotopic (exact) mass is 326 g/mol. The lowest BCUT2D eigenvalue weighted by Gasteiger charge is -2.14. The molecule has 0 radical (unpaired) electrons. The van der Waals surface area contributed by atoms with Gasteiger partial charge in [0.05, 0.1) is 22.0 Å². The fourth-order valence-corrected chi connectivity index (χ4v) is 1.75. The number of hydrogen-bond donors (Lipinski definition) is 1. The van der Waals surface area contributed by atoms with Crippen molar-refractivity contribution in [2.45, 2.75) is 19.8 Å². The Bertz CT molecular complexity index is 581. The number of carbonyl (C=O) groups is 1. The van der Waals surface area contributed by atoms with Gasteiger partial charge in [0.25, 0.3) is 0 Å². The summed E-state index contributed by atoms with van der Waals surface area (Å²) in [6.07, 6.45) is 1.44. The zero-order valence-electron chi connectivity index (χ0n) is 13.1. The Hall–Kier alpha value is -2.75. The second-order valence-corrected chi connectivity index (χ2v) is 4.90. The van der Waals surface area contributed by atoms with Crippen LogP contribution in [-0.4, -0.2) is 41.5 Å². The van der Waals surface area contributed by atoms with Crippen LogP contribution in [0.4, 0.5) is 17.1 Å². The first kappa shape index (κ1) is 18.3. The molecule has 0 unspecified atom stereocenters. The molecule has 1 N–H and O–H groups in total. The lowest BCUT2D eigenvalue weighted by molar-refractivity contribution is -0.392. The maximum absolute atomic E-state index is 11.9. The third-order valence-corrected chi connectivity index (χ3v) is 2.79. The first-order valence-electron chi connectivity index (χ1n) is 6.85. The highest BCUT2D eigenvalue weighted by Crippen LogP contribution is 2.36. The van der Waals surface area contributed by atoms with Crippen LogP contribution < -0.4 is 5.43 Å². The summed E-state index contributed by atoms with van der Waals surface area (Å²) in [5.41, 5.74) is 0.845. The molecule has 126 valence electrons. The van der Waals surface area contributed by atoms with Gasteiger partial charge in [-0.05, 0) is 6.42 Å². The number of carbonyl (C=O) groups excluding carboxylic acids is 1. The van der Waals surface area contributed by atoms with Crippen molar-refractivity contribution in [3.63, 3.8) is 0 Å². The first-order chi connectivity index (χ1) is 10.8. The number of hydrazine groups is 1. The van der Waals surface area contributed by atoms with Gasteiger partial charge in [0.1, 0.15) is 0 Å². The molecule has 0 bridgehead atoms. The van der Waals surface area contributed by atoms with E-state index in [1.54, 1.807) is 0 Å². The normalized spacial score (nSPS) is 10.4.